The van der Waals surface area contributed by atoms with Gasteiger partial charge in [-0.3, -0.25) is 9.80 Å². The molecule has 1 aliphatic heterocycles. The Balaban J connectivity index is 1.63. The van der Waals surface area contributed by atoms with Crippen LogP contribution in [0.1, 0.15) is 23.3 Å². The van der Waals surface area contributed by atoms with Crippen molar-refractivity contribution in [2.75, 3.05) is 11.6 Å². The second-order valence-electron chi connectivity index (χ2n) is 5.87. The van der Waals surface area contributed by atoms with Gasteiger partial charge in [0.05, 0.1) is 18.6 Å². The second kappa shape index (κ2) is 6.91. The van der Waals surface area contributed by atoms with Gasteiger partial charge in [-0.1, -0.05) is 6.07 Å². The molecule has 2 aromatic heterocycles. The van der Waals surface area contributed by atoms with Gasteiger partial charge in [-0.2, -0.15) is 0 Å². The van der Waals surface area contributed by atoms with Crippen LogP contribution < -0.4 is 16.6 Å². The van der Waals surface area contributed by atoms with Crippen LogP contribution in [0.25, 0.3) is 0 Å². The molecule has 2 aromatic rings. The SMILES string of the molecule is CC1C(O)CN1C(=O)c1coc(C/C(N)=C/N(N)c2ccccn2)n1. The van der Waals surface area contributed by atoms with Crippen molar-refractivity contribution in [3.8, 4) is 0 Å². The summed E-state index contributed by atoms with van der Waals surface area (Å²) in [6, 6.07) is 5.12. The minimum Gasteiger partial charge on any atom is -0.448 e. The summed E-state index contributed by atoms with van der Waals surface area (Å²) in [6.07, 6.45) is 4.14. The van der Waals surface area contributed by atoms with Gasteiger partial charge in [-0.25, -0.2) is 15.8 Å². The van der Waals surface area contributed by atoms with Gasteiger partial charge >= 0.3 is 0 Å². The van der Waals surface area contributed by atoms with E-state index in [2.05, 4.69) is 9.97 Å². The van der Waals surface area contributed by atoms with E-state index >= 15 is 0 Å². The molecular weight excluding hydrogens is 324 g/mol. The van der Waals surface area contributed by atoms with Gasteiger partial charge < -0.3 is 20.2 Å². The highest BCUT2D eigenvalue weighted by Crippen LogP contribution is 2.20. The van der Waals surface area contributed by atoms with Crippen molar-refractivity contribution < 1.29 is 14.3 Å². The maximum absolute atomic E-state index is 12.3. The minimum atomic E-state index is -0.490. The predicted octanol–water partition coefficient (Wildman–Crippen LogP) is -0.00230. The highest BCUT2D eigenvalue weighted by atomic mass is 16.3. The third-order valence-corrected chi connectivity index (χ3v) is 4.04. The van der Waals surface area contributed by atoms with Crippen molar-refractivity contribution in [3.63, 3.8) is 0 Å². The zero-order valence-electron chi connectivity index (χ0n) is 13.7. The standard InChI is InChI=1S/C16H20N6O3/c1-10-13(23)8-21(10)16(24)12-9-25-15(20-12)6-11(17)7-22(18)14-4-2-3-5-19-14/h2-5,7,9-10,13,23H,6,8,17-18H2,1H3/b11-7-. The summed E-state index contributed by atoms with van der Waals surface area (Å²) in [7, 11) is 0. The third kappa shape index (κ3) is 3.62. The highest BCUT2D eigenvalue weighted by molar-refractivity contribution is 5.92. The fourth-order valence-corrected chi connectivity index (χ4v) is 2.47. The van der Waals surface area contributed by atoms with Crippen LogP contribution in [0, 0.1) is 0 Å². The van der Waals surface area contributed by atoms with E-state index < -0.39 is 6.10 Å². The first-order valence-corrected chi connectivity index (χ1v) is 7.80. The summed E-state index contributed by atoms with van der Waals surface area (Å²) < 4.78 is 5.31. The largest absolute Gasteiger partial charge is 0.448 e. The molecule has 0 aromatic carbocycles. The molecule has 9 nitrogen and oxygen atoms in total. The van der Waals surface area contributed by atoms with E-state index in [0.717, 1.165) is 0 Å². The van der Waals surface area contributed by atoms with Gasteiger partial charge in [0.1, 0.15) is 12.1 Å². The lowest BCUT2D eigenvalue weighted by molar-refractivity contribution is -0.0360. The molecule has 1 amide bonds. The summed E-state index contributed by atoms with van der Waals surface area (Å²) >= 11 is 0. The van der Waals surface area contributed by atoms with E-state index in [-0.39, 0.29) is 24.1 Å². The highest BCUT2D eigenvalue weighted by Gasteiger charge is 2.38. The molecule has 1 saturated heterocycles. The average Bonchev–Trinajstić information content (AvgIpc) is 3.07. The number of allylic oxidation sites excluding steroid dienone is 1. The van der Waals surface area contributed by atoms with E-state index in [1.165, 1.54) is 22.4 Å². The minimum absolute atomic E-state index is 0.191. The number of hydrogen-bond acceptors (Lipinski definition) is 8. The van der Waals surface area contributed by atoms with Crippen LogP contribution in [0.15, 0.2) is 47.0 Å². The van der Waals surface area contributed by atoms with Crippen molar-refractivity contribution in [1.82, 2.24) is 14.9 Å². The van der Waals surface area contributed by atoms with E-state index in [0.29, 0.717) is 24.0 Å². The number of β-amino-alcohol motifs (C(OH)–C–C–N with tert-alkyl or cyclic N) is 1. The molecule has 3 rings (SSSR count). The number of nitrogens with zero attached hydrogens (tertiary/aromatic N) is 4. The Morgan fingerprint density at radius 1 is 1.56 bits per heavy atom. The number of rotatable bonds is 5. The smallest absolute Gasteiger partial charge is 0.276 e. The molecule has 25 heavy (non-hydrogen) atoms. The van der Waals surface area contributed by atoms with Gasteiger partial charge in [0.15, 0.2) is 5.69 Å². The Hall–Kier alpha value is -2.91. The van der Waals surface area contributed by atoms with Crippen molar-refractivity contribution in [2.45, 2.75) is 25.5 Å². The first kappa shape index (κ1) is 16.9. The number of nitrogens with two attached hydrogens (primary N) is 2. The summed E-state index contributed by atoms with van der Waals surface area (Å²) in [6.45, 7) is 2.08. The van der Waals surface area contributed by atoms with Crippen molar-refractivity contribution in [1.29, 1.82) is 0 Å². The summed E-state index contributed by atoms with van der Waals surface area (Å²) in [5.74, 6) is 6.45. The number of hydrazine groups is 1. The Morgan fingerprint density at radius 3 is 3.00 bits per heavy atom. The molecule has 2 unspecified atom stereocenters. The maximum atomic E-state index is 12.3. The first-order valence-electron chi connectivity index (χ1n) is 7.80. The molecule has 0 spiro atoms. The van der Waals surface area contributed by atoms with Crippen LogP contribution in [-0.4, -0.2) is 44.6 Å². The molecule has 9 heteroatoms. The lowest BCUT2D eigenvalue weighted by Crippen LogP contribution is -2.60. The Morgan fingerprint density at radius 2 is 2.36 bits per heavy atom. The Labute approximate surface area is 144 Å². The monoisotopic (exact) mass is 344 g/mol. The molecule has 132 valence electrons. The zero-order valence-corrected chi connectivity index (χ0v) is 13.7. The van der Waals surface area contributed by atoms with Gasteiger partial charge in [0, 0.05) is 24.6 Å². The third-order valence-electron chi connectivity index (χ3n) is 4.04. The number of carbonyl (C=O) groups excluding carboxylic acids is 1. The molecule has 0 saturated carbocycles. The predicted molar refractivity (Wildman–Crippen MR) is 89.9 cm³/mol. The topological polar surface area (TPSA) is 135 Å². The van der Waals surface area contributed by atoms with Crippen LogP contribution in [0.3, 0.4) is 0 Å². The van der Waals surface area contributed by atoms with Crippen LogP contribution in [0.4, 0.5) is 5.82 Å². The van der Waals surface area contributed by atoms with E-state index in [9.17, 15) is 9.90 Å². The van der Waals surface area contributed by atoms with Gasteiger partial charge in [-0.05, 0) is 19.1 Å². The molecule has 1 aliphatic rings. The number of hydrogen-bond donors (Lipinski definition) is 3. The lowest BCUT2D eigenvalue weighted by Gasteiger charge is -2.42. The second-order valence-corrected chi connectivity index (χ2v) is 5.87. The molecular formula is C16H20N6O3. The molecule has 1 fully saturated rings. The number of carbonyl (C=O) groups is 1. The maximum Gasteiger partial charge on any atom is 0.276 e. The van der Waals surface area contributed by atoms with E-state index in [4.69, 9.17) is 16.0 Å². The van der Waals surface area contributed by atoms with Crippen molar-refractivity contribution >= 4 is 11.7 Å². The number of aliphatic hydroxyl groups excluding tert-OH is 1. The van der Waals surface area contributed by atoms with Gasteiger partial charge in [0.2, 0.25) is 5.89 Å². The zero-order chi connectivity index (χ0) is 18.0. The van der Waals surface area contributed by atoms with Crippen LogP contribution in [0.2, 0.25) is 0 Å². The molecule has 2 atom stereocenters. The number of aliphatic hydroxyl groups is 1. The number of oxazole rings is 1. The Bertz CT molecular complexity index is 775. The number of aromatic nitrogens is 2. The first-order chi connectivity index (χ1) is 12.0. The molecule has 0 aliphatic carbocycles. The molecule has 5 N–H and O–H groups in total. The van der Waals surface area contributed by atoms with Crippen molar-refractivity contribution in [2.24, 2.45) is 11.6 Å². The van der Waals surface area contributed by atoms with Crippen LogP contribution in [-0.2, 0) is 6.42 Å². The summed E-state index contributed by atoms with van der Waals surface area (Å²) in [5, 5.41) is 10.8. The number of likely N-dealkylation sites (tertiary alicyclic amines) is 1. The molecule has 0 radical (unpaired) electrons. The van der Waals surface area contributed by atoms with Gasteiger partial charge in [-0.15, -0.1) is 0 Å². The van der Waals surface area contributed by atoms with Gasteiger partial charge in [0.25, 0.3) is 5.91 Å². The number of pyridine rings is 1. The van der Waals surface area contributed by atoms with Crippen LogP contribution in [0.5, 0.6) is 0 Å². The lowest BCUT2D eigenvalue weighted by atomic mass is 10.0. The molecule has 0 bridgehead atoms. The summed E-state index contributed by atoms with van der Waals surface area (Å²) in [4.78, 5) is 22.1. The Kier molecular flexibility index (Phi) is 4.68. The average molecular weight is 344 g/mol. The summed E-state index contributed by atoms with van der Waals surface area (Å²) in [5.41, 5.74) is 6.55. The van der Waals surface area contributed by atoms with E-state index in [1.54, 1.807) is 25.3 Å². The normalized spacial score (nSPS) is 20.3. The number of amides is 1. The van der Waals surface area contributed by atoms with Crippen LogP contribution >= 0.6 is 0 Å². The number of anilines is 1. The van der Waals surface area contributed by atoms with E-state index in [1.807, 2.05) is 6.07 Å². The molecule has 3 heterocycles. The fraction of sp³-hybridized carbons (Fsp3) is 0.312. The fourth-order valence-electron chi connectivity index (χ4n) is 2.47. The quantitative estimate of drug-likeness (QED) is 0.509. The van der Waals surface area contributed by atoms with Crippen molar-refractivity contribution in [3.05, 3.63) is 54.1 Å².